The first-order chi connectivity index (χ1) is 6.73. The van der Waals surface area contributed by atoms with Gasteiger partial charge in [0.2, 0.25) is 0 Å². The van der Waals surface area contributed by atoms with Crippen molar-refractivity contribution in [2.24, 2.45) is 0 Å². The Labute approximate surface area is 107 Å². The normalized spacial score (nSPS) is 12.1. The van der Waals surface area contributed by atoms with Gasteiger partial charge in [-0.15, -0.1) is 0 Å². The SMILES string of the molecule is O=S(=O)(Cl)c1cc(I)nc(C(F)F)c1Cl. The smallest absolute Gasteiger partial charge is 0.239 e. The van der Waals surface area contributed by atoms with Crippen LogP contribution in [0, 0.1) is 3.70 Å². The van der Waals surface area contributed by atoms with Crippen LogP contribution >= 0.6 is 44.9 Å². The Morgan fingerprint density at radius 3 is 2.40 bits per heavy atom. The van der Waals surface area contributed by atoms with Crippen LogP contribution in [0.3, 0.4) is 0 Å². The molecule has 9 heteroatoms. The van der Waals surface area contributed by atoms with Gasteiger partial charge >= 0.3 is 0 Å². The van der Waals surface area contributed by atoms with E-state index in [0.29, 0.717) is 0 Å². The second kappa shape index (κ2) is 4.64. The minimum absolute atomic E-state index is 0.0755. The van der Waals surface area contributed by atoms with Crippen LogP contribution in [-0.4, -0.2) is 13.4 Å². The number of hydrogen-bond acceptors (Lipinski definition) is 3. The zero-order valence-corrected chi connectivity index (χ0v) is 11.2. The molecule has 0 saturated carbocycles. The van der Waals surface area contributed by atoms with Crippen LogP contribution in [0.1, 0.15) is 12.1 Å². The second-order valence-electron chi connectivity index (χ2n) is 2.38. The lowest BCUT2D eigenvalue weighted by Gasteiger charge is -2.06. The molecule has 0 aliphatic heterocycles. The highest BCUT2D eigenvalue weighted by Gasteiger charge is 2.24. The first-order valence-corrected chi connectivity index (χ1v) is 7.09. The quantitative estimate of drug-likeness (QED) is 0.444. The lowest BCUT2D eigenvalue weighted by Crippen LogP contribution is -2.01. The number of alkyl halides is 2. The van der Waals surface area contributed by atoms with Crippen molar-refractivity contribution in [1.82, 2.24) is 4.98 Å². The van der Waals surface area contributed by atoms with Gasteiger partial charge in [-0.25, -0.2) is 22.2 Å². The topological polar surface area (TPSA) is 47.0 Å². The summed E-state index contributed by atoms with van der Waals surface area (Å²) in [5, 5.41) is -0.639. The van der Waals surface area contributed by atoms with Crippen molar-refractivity contribution in [3.8, 4) is 0 Å². The first kappa shape index (κ1) is 13.3. The monoisotopic (exact) mass is 387 g/mol. The van der Waals surface area contributed by atoms with Crippen molar-refractivity contribution in [2.75, 3.05) is 0 Å². The van der Waals surface area contributed by atoms with E-state index >= 15 is 0 Å². The second-order valence-corrected chi connectivity index (χ2v) is 6.40. The van der Waals surface area contributed by atoms with Gasteiger partial charge < -0.3 is 0 Å². The van der Waals surface area contributed by atoms with Crippen molar-refractivity contribution >= 4 is 53.9 Å². The molecule has 15 heavy (non-hydrogen) atoms. The summed E-state index contributed by atoms with van der Waals surface area (Å²) >= 11 is 7.05. The van der Waals surface area contributed by atoms with E-state index in [-0.39, 0.29) is 3.70 Å². The largest absolute Gasteiger partial charge is 0.281 e. The molecule has 0 aliphatic carbocycles. The Bertz CT molecular complexity index is 494. The fraction of sp³-hybridized carbons (Fsp3) is 0.167. The number of nitrogens with zero attached hydrogens (tertiary/aromatic N) is 1. The lowest BCUT2D eigenvalue weighted by molar-refractivity contribution is 0.145. The summed E-state index contributed by atoms with van der Waals surface area (Å²) in [5.41, 5.74) is -0.789. The van der Waals surface area contributed by atoms with Crippen molar-refractivity contribution in [3.63, 3.8) is 0 Å². The predicted octanol–water partition coefficient (Wildman–Crippen LogP) is 3.20. The summed E-state index contributed by atoms with van der Waals surface area (Å²) in [7, 11) is 0.874. The van der Waals surface area contributed by atoms with E-state index in [0.717, 1.165) is 6.07 Å². The van der Waals surface area contributed by atoms with E-state index in [1.54, 1.807) is 22.6 Å². The number of aromatic nitrogens is 1. The molecule has 0 N–H and O–H groups in total. The Morgan fingerprint density at radius 2 is 2.00 bits per heavy atom. The molecule has 0 aromatic carbocycles. The third-order valence-corrected chi connectivity index (χ3v) is 3.80. The lowest BCUT2D eigenvalue weighted by atomic mass is 10.3. The standard InChI is InChI=1S/C6H2Cl2F2INO2S/c7-4-2(15(8,13)14)1-3(11)12-5(4)6(9)10/h1,6H. The molecule has 0 saturated heterocycles. The summed E-state index contributed by atoms with van der Waals surface area (Å²) in [4.78, 5) is 2.87. The highest BCUT2D eigenvalue weighted by atomic mass is 127. The Hall–Kier alpha value is 0.270. The minimum atomic E-state index is -4.15. The van der Waals surface area contributed by atoms with Crippen LogP contribution in [-0.2, 0) is 9.05 Å². The molecule has 0 amide bonds. The molecule has 1 aromatic heterocycles. The molecule has 0 aliphatic rings. The molecule has 1 aromatic rings. The van der Waals surface area contributed by atoms with Crippen LogP contribution in [0.5, 0.6) is 0 Å². The van der Waals surface area contributed by atoms with Crippen molar-refractivity contribution in [3.05, 3.63) is 20.5 Å². The van der Waals surface area contributed by atoms with Gasteiger partial charge in [0, 0.05) is 10.7 Å². The predicted molar refractivity (Wildman–Crippen MR) is 60.0 cm³/mol. The van der Waals surface area contributed by atoms with Crippen molar-refractivity contribution < 1.29 is 17.2 Å². The highest BCUT2D eigenvalue weighted by Crippen LogP contribution is 2.33. The number of hydrogen-bond donors (Lipinski definition) is 0. The third kappa shape index (κ3) is 3.11. The Kier molecular flexibility index (Phi) is 4.13. The minimum Gasteiger partial charge on any atom is -0.239 e. The molecule has 1 rings (SSSR count). The summed E-state index contributed by atoms with van der Waals surface area (Å²) in [6, 6.07) is 1.02. The van der Waals surface area contributed by atoms with Crippen LogP contribution in [0.4, 0.5) is 8.78 Å². The molecule has 1 heterocycles. The molecular formula is C6H2Cl2F2INO2S. The summed E-state index contributed by atoms with van der Waals surface area (Å²) in [6.45, 7) is 0. The maximum atomic E-state index is 12.4. The zero-order chi connectivity index (χ0) is 11.8. The Balaban J connectivity index is 3.56. The van der Waals surface area contributed by atoms with Crippen LogP contribution in [0.15, 0.2) is 11.0 Å². The number of halogens is 5. The summed E-state index contributed by atoms with van der Waals surface area (Å²) in [5.74, 6) is 0. The average Bonchev–Trinajstić information content (AvgIpc) is 2.06. The van der Waals surface area contributed by atoms with Gasteiger partial charge in [-0.3, -0.25) is 0 Å². The Morgan fingerprint density at radius 1 is 1.47 bits per heavy atom. The third-order valence-electron chi connectivity index (χ3n) is 1.39. The van der Waals surface area contributed by atoms with Crippen molar-refractivity contribution in [2.45, 2.75) is 11.3 Å². The van der Waals surface area contributed by atoms with Gasteiger partial charge in [0.25, 0.3) is 15.5 Å². The average molecular weight is 388 g/mol. The molecule has 0 unspecified atom stereocenters. The van der Waals surface area contributed by atoms with Crippen LogP contribution < -0.4 is 0 Å². The highest BCUT2D eigenvalue weighted by molar-refractivity contribution is 14.1. The summed E-state index contributed by atoms with van der Waals surface area (Å²) < 4.78 is 46.8. The molecule has 0 bridgehead atoms. The van der Waals surface area contributed by atoms with Crippen LogP contribution in [0.2, 0.25) is 5.02 Å². The van der Waals surface area contributed by atoms with Gasteiger partial charge in [-0.1, -0.05) is 11.6 Å². The van der Waals surface area contributed by atoms with Gasteiger partial charge in [0.05, 0.1) is 5.02 Å². The van der Waals surface area contributed by atoms with E-state index in [1.807, 2.05) is 0 Å². The molecule has 0 spiro atoms. The van der Waals surface area contributed by atoms with E-state index in [1.165, 1.54) is 0 Å². The maximum absolute atomic E-state index is 12.4. The molecule has 0 fully saturated rings. The van der Waals surface area contributed by atoms with Gasteiger partial charge in [0.15, 0.2) is 0 Å². The molecule has 3 nitrogen and oxygen atoms in total. The molecule has 0 radical (unpaired) electrons. The molecular weight excluding hydrogens is 386 g/mol. The van der Waals surface area contributed by atoms with Gasteiger partial charge in [0.1, 0.15) is 14.3 Å². The fourth-order valence-corrected chi connectivity index (χ4v) is 3.14. The van der Waals surface area contributed by atoms with E-state index in [2.05, 4.69) is 4.98 Å². The van der Waals surface area contributed by atoms with Crippen LogP contribution in [0.25, 0.3) is 0 Å². The summed E-state index contributed by atoms with van der Waals surface area (Å²) in [6.07, 6.45) is -2.95. The van der Waals surface area contributed by atoms with E-state index in [4.69, 9.17) is 22.3 Å². The van der Waals surface area contributed by atoms with Gasteiger partial charge in [-0.05, 0) is 28.7 Å². The zero-order valence-electron chi connectivity index (χ0n) is 6.72. The molecule has 0 atom stereocenters. The number of pyridine rings is 1. The first-order valence-electron chi connectivity index (χ1n) is 3.32. The van der Waals surface area contributed by atoms with Gasteiger partial charge in [-0.2, -0.15) is 0 Å². The van der Waals surface area contributed by atoms with Crippen molar-refractivity contribution in [1.29, 1.82) is 0 Å². The fourth-order valence-electron chi connectivity index (χ4n) is 0.816. The number of rotatable bonds is 2. The van der Waals surface area contributed by atoms with E-state index in [9.17, 15) is 17.2 Å². The maximum Gasteiger partial charge on any atom is 0.281 e. The molecule has 84 valence electrons. The van der Waals surface area contributed by atoms with E-state index < -0.39 is 31.1 Å².